The number of halogens is 1. The van der Waals surface area contributed by atoms with Gasteiger partial charge in [-0.25, -0.2) is 0 Å². The summed E-state index contributed by atoms with van der Waals surface area (Å²) in [6.45, 7) is 6.59. The number of rotatable bonds is 2. The van der Waals surface area contributed by atoms with Gasteiger partial charge in [-0.05, 0) is 56.1 Å². The summed E-state index contributed by atoms with van der Waals surface area (Å²) in [5, 5.41) is 7.85. The van der Waals surface area contributed by atoms with Gasteiger partial charge < -0.3 is 10.6 Å². The van der Waals surface area contributed by atoms with Crippen molar-refractivity contribution in [3.05, 3.63) is 28.8 Å². The summed E-state index contributed by atoms with van der Waals surface area (Å²) in [5.41, 5.74) is 2.43. The number of anilines is 1. The Bertz CT molecular complexity index is 365. The first-order valence-electron chi connectivity index (χ1n) is 5.90. The van der Waals surface area contributed by atoms with Crippen molar-refractivity contribution in [2.75, 3.05) is 18.4 Å². The number of nitrogens with one attached hydrogen (secondary N) is 2. The van der Waals surface area contributed by atoms with Crippen LogP contribution in [0.4, 0.5) is 5.69 Å². The normalized spacial score (nSPS) is 25.4. The van der Waals surface area contributed by atoms with E-state index >= 15 is 0 Å². The molecule has 0 amide bonds. The number of hydrogen-bond acceptors (Lipinski definition) is 2. The van der Waals surface area contributed by atoms with Crippen LogP contribution in [-0.4, -0.2) is 19.1 Å². The van der Waals surface area contributed by atoms with E-state index in [0.717, 1.165) is 18.1 Å². The summed E-state index contributed by atoms with van der Waals surface area (Å²) in [7, 11) is 0. The van der Waals surface area contributed by atoms with E-state index in [9.17, 15) is 0 Å². The number of hydrogen-bond donors (Lipinski definition) is 2. The average molecular weight is 239 g/mol. The first-order chi connectivity index (χ1) is 7.66. The molecule has 1 heterocycles. The predicted octanol–water partition coefficient (Wildman–Crippen LogP) is 3.06. The second-order valence-corrected chi connectivity index (χ2v) is 5.12. The van der Waals surface area contributed by atoms with Gasteiger partial charge in [0.05, 0.1) is 0 Å². The van der Waals surface area contributed by atoms with Crippen LogP contribution in [0.5, 0.6) is 0 Å². The monoisotopic (exact) mass is 238 g/mol. The van der Waals surface area contributed by atoms with Crippen LogP contribution >= 0.6 is 11.6 Å². The quantitative estimate of drug-likeness (QED) is 0.828. The lowest BCUT2D eigenvalue weighted by atomic mass is 9.95. The molecule has 16 heavy (non-hydrogen) atoms. The smallest absolute Gasteiger partial charge is 0.0410 e. The van der Waals surface area contributed by atoms with E-state index in [1.54, 1.807) is 0 Å². The predicted molar refractivity (Wildman–Crippen MR) is 70.3 cm³/mol. The van der Waals surface area contributed by atoms with Crippen molar-refractivity contribution in [3.8, 4) is 0 Å². The maximum atomic E-state index is 5.95. The maximum Gasteiger partial charge on any atom is 0.0410 e. The fourth-order valence-electron chi connectivity index (χ4n) is 2.22. The number of benzene rings is 1. The van der Waals surface area contributed by atoms with E-state index in [0.29, 0.717) is 12.0 Å². The fraction of sp³-hybridized carbons (Fsp3) is 0.538. The summed E-state index contributed by atoms with van der Waals surface area (Å²) in [6.07, 6.45) is 1.18. The van der Waals surface area contributed by atoms with Gasteiger partial charge in [0, 0.05) is 16.8 Å². The number of piperidine rings is 1. The van der Waals surface area contributed by atoms with E-state index in [2.05, 4.69) is 30.5 Å². The highest BCUT2D eigenvalue weighted by molar-refractivity contribution is 6.30. The van der Waals surface area contributed by atoms with Crippen molar-refractivity contribution in [2.24, 2.45) is 5.92 Å². The van der Waals surface area contributed by atoms with Crippen LogP contribution in [0.1, 0.15) is 18.9 Å². The highest BCUT2D eigenvalue weighted by Gasteiger charge is 2.20. The SMILES string of the molecule is Cc1cc(Cl)ccc1N[C@@H]1CCNC[C@@H]1C. The molecule has 0 unspecified atom stereocenters. The average Bonchev–Trinajstić information content (AvgIpc) is 2.25. The minimum atomic E-state index is 0.570. The van der Waals surface area contributed by atoms with E-state index in [1.165, 1.54) is 17.7 Å². The van der Waals surface area contributed by atoms with Crippen molar-refractivity contribution in [1.82, 2.24) is 5.32 Å². The Morgan fingerprint density at radius 1 is 1.44 bits per heavy atom. The van der Waals surface area contributed by atoms with Crippen molar-refractivity contribution in [3.63, 3.8) is 0 Å². The maximum absolute atomic E-state index is 5.95. The van der Waals surface area contributed by atoms with Crippen LogP contribution < -0.4 is 10.6 Å². The third kappa shape index (κ3) is 2.69. The molecule has 0 spiro atoms. The molecule has 1 aromatic carbocycles. The summed E-state index contributed by atoms with van der Waals surface area (Å²) >= 11 is 5.95. The first kappa shape index (κ1) is 11.7. The molecule has 2 atom stereocenters. The molecule has 1 saturated heterocycles. The molecule has 88 valence electrons. The van der Waals surface area contributed by atoms with Gasteiger partial charge in [-0.2, -0.15) is 0 Å². The van der Waals surface area contributed by atoms with Gasteiger partial charge in [0.15, 0.2) is 0 Å². The highest BCUT2D eigenvalue weighted by atomic mass is 35.5. The molecule has 3 heteroatoms. The Hall–Kier alpha value is -0.730. The molecule has 1 aliphatic heterocycles. The minimum absolute atomic E-state index is 0.570. The fourth-order valence-corrected chi connectivity index (χ4v) is 2.44. The molecule has 1 aliphatic rings. The van der Waals surface area contributed by atoms with Gasteiger partial charge in [-0.1, -0.05) is 18.5 Å². The third-order valence-electron chi connectivity index (χ3n) is 3.31. The van der Waals surface area contributed by atoms with Crippen molar-refractivity contribution in [2.45, 2.75) is 26.3 Å². The summed E-state index contributed by atoms with van der Waals surface area (Å²) in [4.78, 5) is 0. The lowest BCUT2D eigenvalue weighted by Gasteiger charge is -2.31. The Morgan fingerprint density at radius 2 is 2.25 bits per heavy atom. The molecule has 0 bridgehead atoms. The van der Waals surface area contributed by atoms with Crippen LogP contribution in [0.2, 0.25) is 5.02 Å². The molecule has 2 nitrogen and oxygen atoms in total. The first-order valence-corrected chi connectivity index (χ1v) is 6.28. The molecular formula is C13H19ClN2. The standard InChI is InChI=1S/C13H19ClN2/c1-9-7-11(14)3-4-12(9)16-13-5-6-15-8-10(13)2/h3-4,7,10,13,15-16H,5-6,8H2,1-2H3/t10-,13+/m0/s1. The van der Waals surface area contributed by atoms with Gasteiger partial charge in [0.25, 0.3) is 0 Å². The summed E-state index contributed by atoms with van der Waals surface area (Å²) < 4.78 is 0. The van der Waals surface area contributed by atoms with Gasteiger partial charge in [0.1, 0.15) is 0 Å². The lowest BCUT2D eigenvalue weighted by Crippen LogP contribution is -2.42. The van der Waals surface area contributed by atoms with Crippen LogP contribution in [0.3, 0.4) is 0 Å². The van der Waals surface area contributed by atoms with Gasteiger partial charge >= 0.3 is 0 Å². The van der Waals surface area contributed by atoms with Gasteiger partial charge in [0.2, 0.25) is 0 Å². The van der Waals surface area contributed by atoms with Crippen LogP contribution in [0, 0.1) is 12.8 Å². The highest BCUT2D eigenvalue weighted by Crippen LogP contribution is 2.23. The zero-order valence-electron chi connectivity index (χ0n) is 9.89. The molecule has 2 N–H and O–H groups in total. The van der Waals surface area contributed by atoms with Crippen molar-refractivity contribution < 1.29 is 0 Å². The molecule has 1 fully saturated rings. The van der Waals surface area contributed by atoms with Gasteiger partial charge in [-0.15, -0.1) is 0 Å². The second-order valence-electron chi connectivity index (χ2n) is 4.68. The number of aryl methyl sites for hydroxylation is 1. The Kier molecular flexibility index (Phi) is 3.72. The summed E-state index contributed by atoms with van der Waals surface area (Å²) in [6, 6.07) is 6.60. The van der Waals surface area contributed by atoms with E-state index in [-0.39, 0.29) is 0 Å². The lowest BCUT2D eigenvalue weighted by molar-refractivity contribution is 0.368. The molecule has 0 radical (unpaired) electrons. The molecule has 0 aromatic heterocycles. The van der Waals surface area contributed by atoms with Crippen molar-refractivity contribution in [1.29, 1.82) is 0 Å². The van der Waals surface area contributed by atoms with Gasteiger partial charge in [-0.3, -0.25) is 0 Å². The van der Waals surface area contributed by atoms with Crippen molar-refractivity contribution >= 4 is 17.3 Å². The Morgan fingerprint density at radius 3 is 2.94 bits per heavy atom. The van der Waals surface area contributed by atoms with Crippen LogP contribution in [0.15, 0.2) is 18.2 Å². The minimum Gasteiger partial charge on any atom is -0.382 e. The Labute approximate surface area is 102 Å². The summed E-state index contributed by atoms with van der Waals surface area (Å²) in [5.74, 6) is 0.670. The largest absolute Gasteiger partial charge is 0.382 e. The molecular weight excluding hydrogens is 220 g/mol. The zero-order chi connectivity index (χ0) is 11.5. The third-order valence-corrected chi connectivity index (χ3v) is 3.55. The van der Waals surface area contributed by atoms with E-state index in [1.807, 2.05) is 12.1 Å². The molecule has 0 aliphatic carbocycles. The molecule has 2 rings (SSSR count). The topological polar surface area (TPSA) is 24.1 Å². The zero-order valence-corrected chi connectivity index (χ0v) is 10.6. The molecule has 0 saturated carbocycles. The Balaban J connectivity index is 2.07. The van der Waals surface area contributed by atoms with E-state index in [4.69, 9.17) is 11.6 Å². The van der Waals surface area contributed by atoms with Crippen LogP contribution in [0.25, 0.3) is 0 Å². The van der Waals surface area contributed by atoms with Crippen LogP contribution in [-0.2, 0) is 0 Å². The molecule has 1 aromatic rings. The van der Waals surface area contributed by atoms with E-state index < -0.39 is 0 Å². The second kappa shape index (κ2) is 5.07.